The van der Waals surface area contributed by atoms with Gasteiger partial charge in [0.05, 0.1) is 10.6 Å². The van der Waals surface area contributed by atoms with Crippen molar-refractivity contribution in [1.82, 2.24) is 10.6 Å². The average Bonchev–Trinajstić information content (AvgIpc) is 2.59. The molecule has 0 bridgehead atoms. The van der Waals surface area contributed by atoms with Crippen molar-refractivity contribution in [3.05, 3.63) is 28.3 Å². The maximum atomic E-state index is 12.4. The molecule has 0 aliphatic carbocycles. The van der Waals surface area contributed by atoms with Crippen LogP contribution < -0.4 is 20.3 Å². The number of anilines is 1. The highest BCUT2D eigenvalue weighted by Crippen LogP contribution is 2.35. The van der Waals surface area contributed by atoms with Gasteiger partial charge in [0.2, 0.25) is 5.91 Å². The molecule has 1 aromatic carbocycles. The van der Waals surface area contributed by atoms with Gasteiger partial charge in [0, 0.05) is 24.7 Å². The van der Waals surface area contributed by atoms with Crippen molar-refractivity contribution in [3.63, 3.8) is 0 Å². The van der Waals surface area contributed by atoms with E-state index in [4.69, 9.17) is 4.74 Å². The van der Waals surface area contributed by atoms with E-state index in [1.165, 1.54) is 23.1 Å². The normalized spacial score (nSPS) is 22.8. The van der Waals surface area contributed by atoms with Crippen LogP contribution in [0, 0.1) is 16.0 Å². The summed E-state index contributed by atoms with van der Waals surface area (Å²) in [6.07, 6.45) is 0.969. The molecule has 134 valence electrons. The maximum Gasteiger partial charge on any atom is 0.271 e. The number of fused-ring (bicyclic) bond motifs is 1. The molecule has 2 unspecified atom stereocenters. The Morgan fingerprint density at radius 1 is 1.52 bits per heavy atom. The number of ether oxygens (including phenoxy) is 1. The second-order valence-corrected chi connectivity index (χ2v) is 6.32. The molecular weight excluding hydrogens is 328 g/mol. The summed E-state index contributed by atoms with van der Waals surface area (Å²) in [5.74, 6) is -0.00381. The molecule has 2 N–H and O–H groups in total. The number of hydrogen-bond acceptors (Lipinski definition) is 6. The summed E-state index contributed by atoms with van der Waals surface area (Å²) in [5.41, 5.74) is 0.0861. The van der Waals surface area contributed by atoms with Crippen molar-refractivity contribution >= 4 is 23.2 Å². The highest BCUT2D eigenvalue weighted by molar-refractivity contribution is 6.02. The molecule has 0 saturated carbocycles. The Balaban J connectivity index is 1.75. The molecule has 1 aromatic rings. The number of nitrogens with one attached hydrogen (secondary N) is 2. The van der Waals surface area contributed by atoms with E-state index in [1.54, 1.807) is 0 Å². The zero-order chi connectivity index (χ0) is 18.0. The van der Waals surface area contributed by atoms with E-state index in [9.17, 15) is 19.7 Å². The molecular formula is C16H20N4O5. The minimum atomic E-state index is -0.549. The van der Waals surface area contributed by atoms with E-state index in [0.717, 1.165) is 13.0 Å². The van der Waals surface area contributed by atoms with Crippen LogP contribution in [0.1, 0.15) is 13.3 Å². The molecule has 2 atom stereocenters. The monoisotopic (exact) mass is 348 g/mol. The van der Waals surface area contributed by atoms with Crippen LogP contribution in [0.25, 0.3) is 0 Å². The van der Waals surface area contributed by atoms with Gasteiger partial charge >= 0.3 is 0 Å². The first-order valence-electron chi connectivity index (χ1n) is 8.17. The lowest BCUT2D eigenvalue weighted by molar-refractivity contribution is -0.384. The van der Waals surface area contributed by atoms with Gasteiger partial charge in [-0.1, -0.05) is 6.92 Å². The molecule has 25 heavy (non-hydrogen) atoms. The van der Waals surface area contributed by atoms with Gasteiger partial charge in [0.15, 0.2) is 6.61 Å². The Morgan fingerprint density at radius 3 is 3.04 bits per heavy atom. The lowest BCUT2D eigenvalue weighted by Crippen LogP contribution is -2.53. The number of amides is 2. The molecule has 2 aliphatic heterocycles. The fourth-order valence-electron chi connectivity index (χ4n) is 3.06. The average molecular weight is 348 g/mol. The highest BCUT2D eigenvalue weighted by Gasteiger charge is 2.30. The highest BCUT2D eigenvalue weighted by atomic mass is 16.6. The van der Waals surface area contributed by atoms with E-state index in [-0.39, 0.29) is 36.5 Å². The van der Waals surface area contributed by atoms with Crippen LogP contribution in [0.15, 0.2) is 18.2 Å². The van der Waals surface area contributed by atoms with Crippen molar-refractivity contribution in [2.75, 3.05) is 31.1 Å². The molecule has 1 fully saturated rings. The van der Waals surface area contributed by atoms with E-state index in [1.807, 2.05) is 0 Å². The summed E-state index contributed by atoms with van der Waals surface area (Å²) in [6.45, 7) is 3.29. The third kappa shape index (κ3) is 3.71. The van der Waals surface area contributed by atoms with Crippen LogP contribution in [-0.2, 0) is 9.59 Å². The summed E-state index contributed by atoms with van der Waals surface area (Å²) < 4.78 is 5.29. The Labute approximate surface area is 144 Å². The summed E-state index contributed by atoms with van der Waals surface area (Å²) in [7, 11) is 0. The number of carbonyl (C=O) groups excluding carboxylic acids is 2. The predicted molar refractivity (Wildman–Crippen MR) is 89.5 cm³/mol. The van der Waals surface area contributed by atoms with Crippen molar-refractivity contribution in [3.8, 4) is 5.75 Å². The number of benzene rings is 1. The van der Waals surface area contributed by atoms with E-state index >= 15 is 0 Å². The lowest BCUT2D eigenvalue weighted by atomic mass is 9.95. The Bertz CT molecular complexity index is 708. The number of nitrogens with zero attached hydrogens (tertiary/aromatic N) is 2. The molecule has 9 heteroatoms. The first kappa shape index (κ1) is 17.2. The molecule has 0 aromatic heterocycles. The number of non-ortho nitro benzene ring substituents is 1. The smallest absolute Gasteiger partial charge is 0.271 e. The second kappa shape index (κ2) is 7.06. The number of nitro groups is 1. The molecule has 3 rings (SSSR count). The Morgan fingerprint density at radius 2 is 2.32 bits per heavy atom. The fourth-order valence-corrected chi connectivity index (χ4v) is 3.06. The largest absolute Gasteiger partial charge is 0.482 e. The van der Waals surface area contributed by atoms with Crippen LogP contribution >= 0.6 is 0 Å². The van der Waals surface area contributed by atoms with Gasteiger partial charge < -0.3 is 15.4 Å². The van der Waals surface area contributed by atoms with Gasteiger partial charge in [-0.25, -0.2) is 0 Å². The third-order valence-electron chi connectivity index (χ3n) is 4.57. The molecule has 9 nitrogen and oxygen atoms in total. The van der Waals surface area contributed by atoms with Crippen molar-refractivity contribution in [2.24, 2.45) is 5.92 Å². The fraction of sp³-hybridized carbons (Fsp3) is 0.500. The second-order valence-electron chi connectivity index (χ2n) is 6.32. The molecule has 2 aliphatic rings. The van der Waals surface area contributed by atoms with Gasteiger partial charge in [0.1, 0.15) is 12.3 Å². The van der Waals surface area contributed by atoms with Crippen LogP contribution in [-0.4, -0.2) is 49.0 Å². The zero-order valence-electron chi connectivity index (χ0n) is 13.9. The Kier molecular flexibility index (Phi) is 4.84. The van der Waals surface area contributed by atoms with Gasteiger partial charge in [-0.05, 0) is 24.9 Å². The number of rotatable bonds is 4. The summed E-state index contributed by atoms with van der Waals surface area (Å²) in [4.78, 5) is 36.2. The summed E-state index contributed by atoms with van der Waals surface area (Å²) in [6, 6.07) is 4.01. The van der Waals surface area contributed by atoms with Gasteiger partial charge in [-0.2, -0.15) is 0 Å². The first-order chi connectivity index (χ1) is 12.0. The van der Waals surface area contributed by atoms with Crippen molar-refractivity contribution < 1.29 is 19.2 Å². The molecule has 0 radical (unpaired) electrons. The van der Waals surface area contributed by atoms with Gasteiger partial charge in [-0.15, -0.1) is 0 Å². The van der Waals surface area contributed by atoms with Crippen molar-refractivity contribution in [1.29, 1.82) is 0 Å². The molecule has 2 heterocycles. The van der Waals surface area contributed by atoms with Crippen LogP contribution in [0.3, 0.4) is 0 Å². The van der Waals surface area contributed by atoms with Crippen LogP contribution in [0.4, 0.5) is 11.4 Å². The van der Waals surface area contributed by atoms with E-state index < -0.39 is 10.8 Å². The number of hydrogen-bond donors (Lipinski definition) is 2. The minimum absolute atomic E-state index is 0.00183. The van der Waals surface area contributed by atoms with Gasteiger partial charge in [-0.3, -0.25) is 24.6 Å². The molecule has 1 saturated heterocycles. The quantitative estimate of drug-likeness (QED) is 0.603. The van der Waals surface area contributed by atoms with E-state index in [0.29, 0.717) is 18.2 Å². The standard InChI is InChI=1S/C16H20N4O5/c1-10-4-5-17-7-12(10)18-15(21)8-19-13-6-11(20(23)24)2-3-14(13)25-9-16(19)22/h2-3,6,10,12,17H,4-5,7-9H2,1H3,(H,18,21). The summed E-state index contributed by atoms with van der Waals surface area (Å²) in [5, 5.41) is 17.1. The summed E-state index contributed by atoms with van der Waals surface area (Å²) >= 11 is 0. The van der Waals surface area contributed by atoms with Gasteiger partial charge in [0.25, 0.3) is 11.6 Å². The zero-order valence-corrected chi connectivity index (χ0v) is 13.9. The van der Waals surface area contributed by atoms with Crippen molar-refractivity contribution in [2.45, 2.75) is 19.4 Å². The topological polar surface area (TPSA) is 114 Å². The van der Waals surface area contributed by atoms with E-state index in [2.05, 4.69) is 17.6 Å². The predicted octanol–water partition coefficient (Wildman–Crippen LogP) is 0.434. The number of piperidine rings is 1. The molecule has 2 amide bonds. The van der Waals surface area contributed by atoms with Crippen LogP contribution in [0.2, 0.25) is 0 Å². The Hall–Kier alpha value is -2.68. The SMILES string of the molecule is CC1CCNCC1NC(=O)CN1C(=O)COc2ccc([N+](=O)[O-])cc21. The third-order valence-corrected chi connectivity index (χ3v) is 4.57. The number of nitro benzene ring substituents is 1. The first-order valence-corrected chi connectivity index (χ1v) is 8.17. The molecule has 0 spiro atoms. The number of carbonyl (C=O) groups is 2. The lowest BCUT2D eigenvalue weighted by Gasteiger charge is -2.32. The van der Waals surface area contributed by atoms with Crippen LogP contribution in [0.5, 0.6) is 5.75 Å². The maximum absolute atomic E-state index is 12.4. The minimum Gasteiger partial charge on any atom is -0.482 e.